The lowest BCUT2D eigenvalue weighted by molar-refractivity contribution is 0.0761. The van der Waals surface area contributed by atoms with Gasteiger partial charge in [0, 0.05) is 42.5 Å². The summed E-state index contributed by atoms with van der Waals surface area (Å²) < 4.78 is 5.76. The number of amides is 2. The van der Waals surface area contributed by atoms with Crippen molar-refractivity contribution in [2.75, 3.05) is 26.2 Å². The fraction of sp³-hybridized carbons (Fsp3) is 0.261. The van der Waals surface area contributed by atoms with Gasteiger partial charge in [0.15, 0.2) is 5.76 Å². The molecule has 1 aliphatic rings. The molecule has 1 aliphatic heterocycles. The Kier molecular flexibility index (Phi) is 5.17. The minimum absolute atomic E-state index is 0.0288. The van der Waals surface area contributed by atoms with Crippen molar-refractivity contribution in [1.82, 2.24) is 15.2 Å². The second-order valence-electron chi connectivity index (χ2n) is 7.57. The third-order valence-corrected chi connectivity index (χ3v) is 6.76. The van der Waals surface area contributed by atoms with Crippen LogP contribution in [0.4, 0.5) is 0 Å². The molecule has 0 aliphatic carbocycles. The molecule has 1 saturated heterocycles. The van der Waals surface area contributed by atoms with Crippen molar-refractivity contribution >= 4 is 44.3 Å². The number of hydrogen-bond donors (Lipinski definition) is 2. The zero-order chi connectivity index (χ0) is 21.4. The Bertz CT molecular complexity index is 1250. The lowest BCUT2D eigenvalue weighted by Gasteiger charge is -2.16. The standard InChI is InChI=1S/C23H21N3O4S/c27-11-9-24-21(28)20-19(16-5-3-8-25-22(16)31-20)15-7-10-26(13-15)23(29)18-12-14-4-1-2-6-17(14)30-18/h1-6,8,12,15,27H,7,9-11,13H2,(H,24,28)/t15-/m0/s1. The molecular formula is C23H21N3O4S. The number of aromatic nitrogens is 1. The van der Waals surface area contributed by atoms with Gasteiger partial charge in [-0.15, -0.1) is 11.3 Å². The number of hydrogen-bond acceptors (Lipinski definition) is 6. The Morgan fingerprint density at radius 2 is 2.13 bits per heavy atom. The molecule has 0 bridgehead atoms. The third kappa shape index (κ3) is 3.58. The molecule has 2 amide bonds. The van der Waals surface area contributed by atoms with E-state index in [0.717, 1.165) is 27.6 Å². The zero-order valence-electron chi connectivity index (χ0n) is 16.7. The highest BCUT2D eigenvalue weighted by Crippen LogP contribution is 2.39. The van der Waals surface area contributed by atoms with Crippen molar-refractivity contribution in [3.63, 3.8) is 0 Å². The average molecular weight is 436 g/mol. The second-order valence-corrected chi connectivity index (χ2v) is 8.56. The van der Waals surface area contributed by atoms with E-state index >= 15 is 0 Å². The molecule has 4 heterocycles. The predicted octanol–water partition coefficient (Wildman–Crippen LogP) is 3.39. The van der Waals surface area contributed by atoms with Crippen LogP contribution in [0, 0.1) is 0 Å². The molecule has 7 nitrogen and oxygen atoms in total. The first kappa shape index (κ1) is 19.7. The number of thiophene rings is 1. The molecule has 8 heteroatoms. The van der Waals surface area contributed by atoms with Gasteiger partial charge in [0.2, 0.25) is 0 Å². The van der Waals surface area contributed by atoms with Gasteiger partial charge in [0.05, 0.1) is 11.5 Å². The summed E-state index contributed by atoms with van der Waals surface area (Å²) in [5, 5.41) is 13.7. The molecule has 2 N–H and O–H groups in total. The number of nitrogens with zero attached hydrogens (tertiary/aromatic N) is 2. The van der Waals surface area contributed by atoms with Crippen LogP contribution < -0.4 is 5.32 Å². The van der Waals surface area contributed by atoms with Crippen molar-refractivity contribution in [3.8, 4) is 0 Å². The van der Waals surface area contributed by atoms with E-state index in [4.69, 9.17) is 9.52 Å². The summed E-state index contributed by atoms with van der Waals surface area (Å²) in [5.74, 6) is 0.0116. The molecule has 31 heavy (non-hydrogen) atoms. The molecular weight excluding hydrogens is 414 g/mol. The summed E-state index contributed by atoms with van der Waals surface area (Å²) in [7, 11) is 0. The van der Waals surface area contributed by atoms with Crippen LogP contribution in [0.25, 0.3) is 21.2 Å². The molecule has 0 spiro atoms. The molecule has 3 aromatic heterocycles. The SMILES string of the molecule is O=C(NCCO)c1sc2ncccc2c1[C@H]1CCN(C(=O)c2cc3ccccc3o2)C1. The van der Waals surface area contributed by atoms with Gasteiger partial charge < -0.3 is 19.7 Å². The molecule has 1 aromatic carbocycles. The lowest BCUT2D eigenvalue weighted by Crippen LogP contribution is -2.29. The quantitative estimate of drug-likeness (QED) is 0.501. The molecule has 5 rings (SSSR count). The summed E-state index contributed by atoms with van der Waals surface area (Å²) in [4.78, 5) is 33.4. The van der Waals surface area contributed by atoms with Crippen LogP contribution in [-0.4, -0.2) is 53.0 Å². The summed E-state index contributed by atoms with van der Waals surface area (Å²) in [6.45, 7) is 1.18. The Balaban J connectivity index is 1.43. The number of carbonyl (C=O) groups is 2. The van der Waals surface area contributed by atoms with Gasteiger partial charge in [0.1, 0.15) is 10.4 Å². The third-order valence-electron chi connectivity index (χ3n) is 5.63. The van der Waals surface area contributed by atoms with Crippen molar-refractivity contribution in [1.29, 1.82) is 0 Å². The number of likely N-dealkylation sites (tertiary alicyclic amines) is 1. The summed E-state index contributed by atoms with van der Waals surface area (Å²) >= 11 is 1.35. The molecule has 0 saturated carbocycles. The van der Waals surface area contributed by atoms with Crippen LogP contribution in [0.3, 0.4) is 0 Å². The maximum absolute atomic E-state index is 13.1. The Hall–Kier alpha value is -3.23. The molecule has 0 unspecified atom stereocenters. The number of benzene rings is 1. The average Bonchev–Trinajstić information content (AvgIpc) is 3.52. The Morgan fingerprint density at radius 1 is 1.26 bits per heavy atom. The first-order valence-electron chi connectivity index (χ1n) is 10.2. The van der Waals surface area contributed by atoms with Crippen LogP contribution in [0.5, 0.6) is 0 Å². The number of furan rings is 1. The van der Waals surface area contributed by atoms with E-state index in [0.29, 0.717) is 29.3 Å². The molecule has 0 radical (unpaired) electrons. The van der Waals surface area contributed by atoms with E-state index in [1.54, 1.807) is 17.2 Å². The first-order chi connectivity index (χ1) is 15.2. The number of pyridine rings is 1. The molecule has 1 atom stereocenters. The maximum atomic E-state index is 13.1. The van der Waals surface area contributed by atoms with Gasteiger partial charge in [-0.05, 0) is 30.2 Å². The maximum Gasteiger partial charge on any atom is 0.289 e. The van der Waals surface area contributed by atoms with E-state index in [2.05, 4.69) is 10.3 Å². The van der Waals surface area contributed by atoms with Gasteiger partial charge in [-0.1, -0.05) is 24.3 Å². The summed E-state index contributed by atoms with van der Waals surface area (Å²) in [6.07, 6.45) is 2.47. The van der Waals surface area contributed by atoms with Crippen LogP contribution in [0.1, 0.15) is 38.1 Å². The summed E-state index contributed by atoms with van der Waals surface area (Å²) in [6, 6.07) is 13.2. The van der Waals surface area contributed by atoms with E-state index in [-0.39, 0.29) is 30.9 Å². The molecule has 1 fully saturated rings. The van der Waals surface area contributed by atoms with E-state index in [1.807, 2.05) is 36.4 Å². The Morgan fingerprint density at radius 3 is 2.97 bits per heavy atom. The highest BCUT2D eigenvalue weighted by atomic mass is 32.1. The number of aliphatic hydroxyl groups is 1. The monoisotopic (exact) mass is 435 g/mol. The lowest BCUT2D eigenvalue weighted by atomic mass is 9.95. The van der Waals surface area contributed by atoms with Crippen molar-refractivity contribution < 1.29 is 19.1 Å². The van der Waals surface area contributed by atoms with Crippen molar-refractivity contribution in [3.05, 3.63) is 64.9 Å². The number of fused-ring (bicyclic) bond motifs is 2. The largest absolute Gasteiger partial charge is 0.451 e. The van der Waals surface area contributed by atoms with Gasteiger partial charge in [0.25, 0.3) is 11.8 Å². The highest BCUT2D eigenvalue weighted by Gasteiger charge is 2.34. The smallest absolute Gasteiger partial charge is 0.289 e. The number of rotatable bonds is 5. The number of nitrogens with one attached hydrogen (secondary N) is 1. The highest BCUT2D eigenvalue weighted by molar-refractivity contribution is 7.20. The van der Waals surface area contributed by atoms with Crippen LogP contribution >= 0.6 is 11.3 Å². The Labute approximate surface area is 182 Å². The minimum atomic E-state index is -0.214. The van der Waals surface area contributed by atoms with Gasteiger partial charge in [-0.3, -0.25) is 9.59 Å². The van der Waals surface area contributed by atoms with Gasteiger partial charge in [-0.2, -0.15) is 0 Å². The van der Waals surface area contributed by atoms with Gasteiger partial charge >= 0.3 is 0 Å². The van der Waals surface area contributed by atoms with Gasteiger partial charge in [-0.25, -0.2) is 4.98 Å². The number of para-hydroxylation sites is 1. The fourth-order valence-electron chi connectivity index (χ4n) is 4.20. The van der Waals surface area contributed by atoms with E-state index in [1.165, 1.54) is 11.3 Å². The predicted molar refractivity (Wildman–Crippen MR) is 119 cm³/mol. The number of aliphatic hydroxyl groups excluding tert-OH is 1. The molecule has 4 aromatic rings. The topological polar surface area (TPSA) is 95.7 Å². The molecule has 158 valence electrons. The zero-order valence-corrected chi connectivity index (χ0v) is 17.5. The van der Waals surface area contributed by atoms with E-state index in [9.17, 15) is 9.59 Å². The minimum Gasteiger partial charge on any atom is -0.451 e. The van der Waals surface area contributed by atoms with Crippen LogP contribution in [-0.2, 0) is 0 Å². The number of carbonyl (C=O) groups excluding carboxylic acids is 2. The van der Waals surface area contributed by atoms with Crippen LogP contribution in [0.15, 0.2) is 53.1 Å². The van der Waals surface area contributed by atoms with E-state index < -0.39 is 0 Å². The van der Waals surface area contributed by atoms with Crippen molar-refractivity contribution in [2.24, 2.45) is 0 Å². The van der Waals surface area contributed by atoms with Crippen LogP contribution in [0.2, 0.25) is 0 Å². The fourth-order valence-corrected chi connectivity index (χ4v) is 5.34. The first-order valence-corrected chi connectivity index (χ1v) is 11.0. The normalized spacial score (nSPS) is 16.3. The summed E-state index contributed by atoms with van der Waals surface area (Å²) in [5.41, 5.74) is 1.63. The van der Waals surface area contributed by atoms with Crippen molar-refractivity contribution in [2.45, 2.75) is 12.3 Å². The second kappa shape index (κ2) is 8.13.